The Morgan fingerprint density at radius 3 is 1.94 bits per heavy atom. The van der Waals surface area contributed by atoms with Crippen LogP contribution in [0.4, 0.5) is 4.79 Å². The van der Waals surface area contributed by atoms with Crippen LogP contribution in [0.3, 0.4) is 0 Å². The number of aliphatic hydroxyl groups is 1. The first-order valence-corrected chi connectivity index (χ1v) is 17.4. The lowest BCUT2D eigenvalue weighted by molar-refractivity contribution is -0.147. The molecule has 13 nitrogen and oxygen atoms in total. The molecule has 0 aromatic heterocycles. The Morgan fingerprint density at radius 1 is 0.809 bits per heavy atom. The zero-order valence-corrected chi connectivity index (χ0v) is 30.0. The molecule has 1 saturated heterocycles. The molecule has 1 aliphatic rings. The molecule has 1 aliphatic heterocycles. The number of carbonyl (C=O) groups is 6. The fourth-order valence-corrected chi connectivity index (χ4v) is 5.74. The zero-order chi connectivity index (χ0) is 35.8. The number of ketones is 1. The van der Waals surface area contributed by atoms with E-state index in [2.05, 4.69) is 28.2 Å². The van der Waals surface area contributed by atoms with Gasteiger partial charge < -0.3 is 36.0 Å². The summed E-state index contributed by atoms with van der Waals surface area (Å²) in [5.74, 6) is -4.85. The summed E-state index contributed by atoms with van der Waals surface area (Å²) >= 11 is 0. The van der Waals surface area contributed by atoms with E-state index in [0.29, 0.717) is 12.8 Å². The second-order valence-electron chi connectivity index (χ2n) is 13.6. The smallest absolute Gasteiger partial charge is 0.407 e. The lowest BCUT2D eigenvalue weighted by Gasteiger charge is -2.36. The van der Waals surface area contributed by atoms with Crippen molar-refractivity contribution in [3.8, 4) is 0 Å². The molecule has 0 aliphatic carbocycles. The summed E-state index contributed by atoms with van der Waals surface area (Å²) < 4.78 is 5.76. The molecule has 1 fully saturated rings. The first kappa shape index (κ1) is 41.8. The van der Waals surface area contributed by atoms with Gasteiger partial charge in [0, 0.05) is 7.05 Å². The van der Waals surface area contributed by atoms with Gasteiger partial charge in [0.2, 0.25) is 23.6 Å². The number of ether oxygens (including phenoxy) is 1. The summed E-state index contributed by atoms with van der Waals surface area (Å²) in [6.07, 6.45) is 5.24. The largest absolute Gasteiger partial charge is 0.445 e. The fourth-order valence-electron chi connectivity index (χ4n) is 5.74. The highest BCUT2D eigenvalue weighted by Gasteiger charge is 2.39. The Bertz CT molecular complexity index is 1050. The van der Waals surface area contributed by atoms with Crippen molar-refractivity contribution in [2.45, 2.75) is 137 Å². The molecule has 0 unspecified atom stereocenters. The standard InChI is InChI=1S/C34H61N5O8/c1-10-12-13-14-15-16-17-26-23(8)33(45)39(9)29(22(7)11-2)32(44)38-28(21(5)6)31(43)36-24(19-40)30(42)37-27(20(3)4)25(41)18-35-34(46)47-26/h20-24,26-29,40H,10-19H2,1-9H3,(H,35,46)(H,36,43)(H,37,42)(H,38,44)/t22-,23-,24-,26-,27+,28-,29-/m0/s1. The molecule has 0 aromatic carbocycles. The van der Waals surface area contributed by atoms with Crippen LogP contribution in [-0.4, -0.2) is 96.0 Å². The van der Waals surface area contributed by atoms with Crippen molar-refractivity contribution in [1.82, 2.24) is 26.2 Å². The van der Waals surface area contributed by atoms with Crippen LogP contribution < -0.4 is 21.3 Å². The molecular weight excluding hydrogens is 606 g/mol. The zero-order valence-electron chi connectivity index (χ0n) is 30.0. The maximum absolute atomic E-state index is 13.9. The Kier molecular flexibility index (Phi) is 18.6. The van der Waals surface area contributed by atoms with Crippen molar-refractivity contribution < 1.29 is 38.6 Å². The number of amides is 5. The minimum atomic E-state index is -1.41. The number of nitrogens with one attached hydrogen (secondary N) is 4. The highest BCUT2D eigenvalue weighted by molar-refractivity contribution is 5.97. The third kappa shape index (κ3) is 13.1. The van der Waals surface area contributed by atoms with Gasteiger partial charge in [0.05, 0.1) is 25.1 Å². The second kappa shape index (κ2) is 20.9. The summed E-state index contributed by atoms with van der Waals surface area (Å²) in [7, 11) is 1.53. The van der Waals surface area contributed by atoms with Crippen molar-refractivity contribution in [2.24, 2.45) is 23.7 Å². The second-order valence-corrected chi connectivity index (χ2v) is 13.6. The van der Waals surface area contributed by atoms with Gasteiger partial charge in [0.1, 0.15) is 24.2 Å². The van der Waals surface area contributed by atoms with E-state index in [9.17, 15) is 33.9 Å². The van der Waals surface area contributed by atoms with Crippen LogP contribution in [0, 0.1) is 23.7 Å². The molecule has 1 heterocycles. The van der Waals surface area contributed by atoms with E-state index in [1.807, 2.05) is 13.8 Å². The summed E-state index contributed by atoms with van der Waals surface area (Å²) in [4.78, 5) is 81.8. The average Bonchev–Trinajstić information content (AvgIpc) is 3.02. The molecule has 1 rings (SSSR count). The lowest BCUT2D eigenvalue weighted by atomic mass is 9.92. The maximum atomic E-state index is 13.9. The summed E-state index contributed by atoms with van der Waals surface area (Å²) in [6, 6.07) is -4.49. The van der Waals surface area contributed by atoms with Crippen molar-refractivity contribution in [2.75, 3.05) is 20.2 Å². The quantitative estimate of drug-likeness (QED) is 0.197. The van der Waals surface area contributed by atoms with Gasteiger partial charge >= 0.3 is 6.09 Å². The van der Waals surface area contributed by atoms with Crippen LogP contribution in [0.1, 0.15) is 107 Å². The predicted octanol–water partition coefficient (Wildman–Crippen LogP) is 2.68. The van der Waals surface area contributed by atoms with Gasteiger partial charge in [-0.2, -0.15) is 0 Å². The first-order chi connectivity index (χ1) is 22.1. The molecule has 47 heavy (non-hydrogen) atoms. The Morgan fingerprint density at radius 2 is 1.38 bits per heavy atom. The average molecular weight is 668 g/mol. The Hall–Kier alpha value is -3.22. The number of carbonyl (C=O) groups excluding carboxylic acids is 6. The van der Waals surface area contributed by atoms with Crippen LogP contribution in [0.15, 0.2) is 0 Å². The molecular formula is C34H61N5O8. The fraction of sp³-hybridized carbons (Fsp3) is 0.824. The lowest BCUT2D eigenvalue weighted by Crippen LogP contribution is -2.61. The van der Waals surface area contributed by atoms with Crippen LogP contribution in [0.5, 0.6) is 0 Å². The van der Waals surface area contributed by atoms with Gasteiger partial charge in [0.25, 0.3) is 0 Å². The summed E-state index contributed by atoms with van der Waals surface area (Å²) in [5.41, 5.74) is 0. The first-order valence-electron chi connectivity index (χ1n) is 17.4. The van der Waals surface area contributed by atoms with E-state index in [1.165, 1.54) is 11.9 Å². The number of Topliss-reactive ketones (excluding diaryl/α,β-unsaturated/α-hetero) is 1. The van der Waals surface area contributed by atoms with Gasteiger partial charge in [-0.15, -0.1) is 0 Å². The number of aliphatic hydroxyl groups excluding tert-OH is 1. The Labute approximate surface area is 281 Å². The number of hydrogen-bond acceptors (Lipinski definition) is 8. The van der Waals surface area contributed by atoms with Crippen LogP contribution >= 0.6 is 0 Å². The van der Waals surface area contributed by atoms with Gasteiger partial charge in [-0.1, -0.05) is 93.9 Å². The topological polar surface area (TPSA) is 183 Å². The predicted molar refractivity (Wildman–Crippen MR) is 179 cm³/mol. The minimum Gasteiger partial charge on any atom is -0.445 e. The molecule has 13 heteroatoms. The number of nitrogens with zero attached hydrogens (tertiary/aromatic N) is 1. The van der Waals surface area contributed by atoms with Gasteiger partial charge in [-0.25, -0.2) is 4.79 Å². The van der Waals surface area contributed by atoms with E-state index in [4.69, 9.17) is 4.74 Å². The van der Waals surface area contributed by atoms with E-state index >= 15 is 0 Å². The minimum absolute atomic E-state index is 0.294. The SMILES string of the molecule is CCCCCCCC[C@@H]1OC(=O)NCC(=O)[C@@H](C(C)C)NC(=O)[C@H](CO)NC(=O)[C@H](C(C)C)NC(=O)[C@H]([C@@H](C)CC)N(C)C(=O)[C@H]1C. The number of likely N-dealkylation sites (N-methyl/N-ethyl adjacent to an activating group) is 1. The summed E-state index contributed by atoms with van der Waals surface area (Å²) in [5, 5.41) is 20.3. The van der Waals surface area contributed by atoms with Crippen molar-refractivity contribution in [1.29, 1.82) is 0 Å². The molecule has 5 N–H and O–H groups in total. The van der Waals surface area contributed by atoms with Crippen LogP contribution in [-0.2, 0) is 28.7 Å². The number of rotatable bonds is 12. The van der Waals surface area contributed by atoms with Gasteiger partial charge in [-0.3, -0.25) is 24.0 Å². The monoisotopic (exact) mass is 667 g/mol. The molecule has 270 valence electrons. The van der Waals surface area contributed by atoms with E-state index in [-0.39, 0.29) is 11.8 Å². The van der Waals surface area contributed by atoms with Crippen molar-refractivity contribution >= 4 is 35.5 Å². The molecule has 0 radical (unpaired) electrons. The third-order valence-electron chi connectivity index (χ3n) is 9.04. The molecule has 7 atom stereocenters. The molecule has 0 saturated carbocycles. The number of unbranched alkanes of at least 4 members (excludes halogenated alkanes) is 5. The number of hydrogen-bond donors (Lipinski definition) is 5. The number of alkyl carbamates (subject to hydrolysis) is 1. The normalized spacial score (nSPS) is 26.9. The van der Waals surface area contributed by atoms with Crippen molar-refractivity contribution in [3.05, 3.63) is 0 Å². The van der Waals surface area contributed by atoms with E-state index in [1.54, 1.807) is 34.6 Å². The summed E-state index contributed by atoms with van der Waals surface area (Å²) in [6.45, 7) is 13.2. The third-order valence-corrected chi connectivity index (χ3v) is 9.04. The maximum Gasteiger partial charge on any atom is 0.407 e. The molecule has 0 bridgehead atoms. The van der Waals surface area contributed by atoms with E-state index < -0.39 is 90.8 Å². The molecule has 5 amide bonds. The van der Waals surface area contributed by atoms with Gasteiger partial charge in [0.15, 0.2) is 5.78 Å². The van der Waals surface area contributed by atoms with Gasteiger partial charge in [-0.05, 0) is 30.6 Å². The van der Waals surface area contributed by atoms with Crippen molar-refractivity contribution in [3.63, 3.8) is 0 Å². The van der Waals surface area contributed by atoms with Crippen LogP contribution in [0.2, 0.25) is 0 Å². The van der Waals surface area contributed by atoms with E-state index in [0.717, 1.165) is 38.5 Å². The number of cyclic esters (lactones) is 1. The molecule has 0 spiro atoms. The highest BCUT2D eigenvalue weighted by atomic mass is 16.6. The molecule has 0 aromatic rings. The van der Waals surface area contributed by atoms with Crippen LogP contribution in [0.25, 0.3) is 0 Å². The Balaban J connectivity index is 3.55. The highest BCUT2D eigenvalue weighted by Crippen LogP contribution is 2.23.